The molecule has 1 heterocycles. The van der Waals surface area contributed by atoms with Crippen LogP contribution in [0.5, 0.6) is 17.2 Å². The Labute approximate surface area is 141 Å². The van der Waals surface area contributed by atoms with Gasteiger partial charge in [0.05, 0.1) is 30.8 Å². The number of hydrogen-bond acceptors (Lipinski definition) is 6. The summed E-state index contributed by atoms with van der Waals surface area (Å²) in [6, 6.07) is 8.81. The summed E-state index contributed by atoms with van der Waals surface area (Å²) in [5.74, 6) is 1.77. The maximum atomic E-state index is 10.3. The van der Waals surface area contributed by atoms with E-state index in [1.807, 2.05) is 18.2 Å². The molecule has 2 aromatic carbocycles. The number of fused-ring (bicyclic) bond motifs is 1. The zero-order valence-electron chi connectivity index (χ0n) is 12.5. The number of halogens is 1. The van der Waals surface area contributed by atoms with E-state index >= 15 is 0 Å². The minimum atomic E-state index is 0.0430. The van der Waals surface area contributed by atoms with Crippen molar-refractivity contribution in [1.29, 1.82) is 0 Å². The normalized spacial score (nSPS) is 10.6. The van der Waals surface area contributed by atoms with E-state index in [2.05, 4.69) is 31.2 Å². The predicted molar refractivity (Wildman–Crippen MR) is 91.7 cm³/mol. The third kappa shape index (κ3) is 3.00. The van der Waals surface area contributed by atoms with Crippen LogP contribution in [0.15, 0.2) is 41.1 Å². The second-order valence-electron chi connectivity index (χ2n) is 4.73. The molecule has 0 atom stereocenters. The third-order valence-corrected chi connectivity index (χ3v) is 4.04. The summed E-state index contributed by atoms with van der Waals surface area (Å²) >= 11 is 3.48. The van der Waals surface area contributed by atoms with Crippen molar-refractivity contribution in [3.8, 4) is 17.2 Å². The highest BCUT2D eigenvalue weighted by molar-refractivity contribution is 9.10. The van der Waals surface area contributed by atoms with Crippen molar-refractivity contribution < 1.29 is 14.6 Å². The number of benzene rings is 2. The molecule has 23 heavy (non-hydrogen) atoms. The quantitative estimate of drug-likeness (QED) is 0.720. The Morgan fingerprint density at radius 2 is 1.83 bits per heavy atom. The number of phenols is 1. The van der Waals surface area contributed by atoms with Crippen LogP contribution in [0.1, 0.15) is 0 Å². The smallest absolute Gasteiger partial charge is 0.145 e. The molecule has 0 unspecified atom stereocenters. The molecule has 3 rings (SSSR count). The molecule has 0 saturated heterocycles. The summed E-state index contributed by atoms with van der Waals surface area (Å²) in [4.78, 5) is 8.41. The predicted octanol–water partition coefficient (Wildman–Crippen LogP) is 3.86. The largest absolute Gasteiger partial charge is 0.507 e. The van der Waals surface area contributed by atoms with Crippen molar-refractivity contribution >= 4 is 38.3 Å². The Hall–Kier alpha value is -2.54. The molecule has 118 valence electrons. The Morgan fingerprint density at radius 1 is 1.04 bits per heavy atom. The molecule has 6 nitrogen and oxygen atoms in total. The number of rotatable bonds is 4. The van der Waals surface area contributed by atoms with Gasteiger partial charge in [0.15, 0.2) is 0 Å². The Kier molecular flexibility index (Phi) is 4.20. The first kappa shape index (κ1) is 15.4. The summed E-state index contributed by atoms with van der Waals surface area (Å²) in [7, 11) is 3.14. The highest BCUT2D eigenvalue weighted by Crippen LogP contribution is 2.36. The van der Waals surface area contributed by atoms with E-state index in [4.69, 9.17) is 9.47 Å². The van der Waals surface area contributed by atoms with Crippen LogP contribution < -0.4 is 14.8 Å². The molecule has 0 aliphatic carbocycles. The number of ether oxygens (including phenoxy) is 2. The van der Waals surface area contributed by atoms with Crippen LogP contribution in [0.2, 0.25) is 0 Å². The molecule has 0 spiro atoms. The van der Waals surface area contributed by atoms with Gasteiger partial charge in [-0.25, -0.2) is 9.97 Å². The van der Waals surface area contributed by atoms with Crippen LogP contribution in [-0.2, 0) is 0 Å². The molecule has 7 heteroatoms. The zero-order chi connectivity index (χ0) is 16.4. The van der Waals surface area contributed by atoms with Crippen molar-refractivity contribution in [3.63, 3.8) is 0 Å². The van der Waals surface area contributed by atoms with E-state index in [-0.39, 0.29) is 5.75 Å². The summed E-state index contributed by atoms with van der Waals surface area (Å²) in [6.45, 7) is 0. The first-order valence-electron chi connectivity index (χ1n) is 6.74. The van der Waals surface area contributed by atoms with Crippen molar-refractivity contribution in [3.05, 3.63) is 41.1 Å². The molecule has 0 aliphatic rings. The molecule has 1 aromatic heterocycles. The van der Waals surface area contributed by atoms with Gasteiger partial charge in [-0.3, -0.25) is 0 Å². The molecule has 0 aliphatic heterocycles. The third-order valence-electron chi connectivity index (χ3n) is 3.35. The lowest BCUT2D eigenvalue weighted by Gasteiger charge is -2.12. The van der Waals surface area contributed by atoms with Crippen molar-refractivity contribution in [2.24, 2.45) is 0 Å². The molecule has 3 aromatic rings. The highest BCUT2D eigenvalue weighted by atomic mass is 79.9. The Bertz CT molecular complexity index is 871. The average Bonchev–Trinajstić information content (AvgIpc) is 2.56. The fourth-order valence-electron chi connectivity index (χ4n) is 2.21. The molecule has 0 fully saturated rings. The Balaban J connectivity index is 2.10. The number of aromatic nitrogens is 2. The molecular formula is C16H14BrN3O3. The Morgan fingerprint density at radius 3 is 2.57 bits per heavy atom. The maximum Gasteiger partial charge on any atom is 0.145 e. The average molecular weight is 376 g/mol. The second kappa shape index (κ2) is 6.29. The zero-order valence-corrected chi connectivity index (χ0v) is 14.1. The standard InChI is InChI=1S/C16H14BrN3O3/c1-22-9-3-4-11(17)12(5-9)20-16-15-13(18-8-19-16)6-10(23-2)7-14(15)21/h3-8,21H,1-2H3,(H,18,19,20). The fourth-order valence-corrected chi connectivity index (χ4v) is 2.56. The first-order valence-corrected chi connectivity index (χ1v) is 7.54. The van der Waals surface area contributed by atoms with Gasteiger partial charge in [0.1, 0.15) is 29.4 Å². The minimum absolute atomic E-state index is 0.0430. The molecule has 0 saturated carbocycles. The van der Waals surface area contributed by atoms with Gasteiger partial charge in [0, 0.05) is 22.7 Å². The highest BCUT2D eigenvalue weighted by Gasteiger charge is 2.12. The summed E-state index contributed by atoms with van der Waals surface area (Å²) in [5.41, 5.74) is 1.35. The lowest BCUT2D eigenvalue weighted by Crippen LogP contribution is -1.98. The fraction of sp³-hybridized carbons (Fsp3) is 0.125. The van der Waals surface area contributed by atoms with E-state index < -0.39 is 0 Å². The van der Waals surface area contributed by atoms with Crippen molar-refractivity contribution in [1.82, 2.24) is 9.97 Å². The number of hydrogen-bond donors (Lipinski definition) is 2. The van der Waals surface area contributed by atoms with Gasteiger partial charge >= 0.3 is 0 Å². The number of nitrogens with one attached hydrogen (secondary N) is 1. The van der Waals surface area contributed by atoms with E-state index in [0.717, 1.165) is 10.2 Å². The van der Waals surface area contributed by atoms with Crippen LogP contribution in [0.25, 0.3) is 10.9 Å². The summed E-state index contributed by atoms with van der Waals surface area (Å²) in [5, 5.41) is 14.0. The van der Waals surface area contributed by atoms with Crippen LogP contribution in [-0.4, -0.2) is 29.3 Å². The molecule has 0 bridgehead atoms. The lowest BCUT2D eigenvalue weighted by molar-refractivity contribution is 0.409. The van der Waals surface area contributed by atoms with Gasteiger partial charge < -0.3 is 19.9 Å². The van der Waals surface area contributed by atoms with Crippen LogP contribution in [0.4, 0.5) is 11.5 Å². The van der Waals surface area contributed by atoms with Gasteiger partial charge in [-0.15, -0.1) is 0 Å². The van der Waals surface area contributed by atoms with E-state index in [0.29, 0.717) is 28.2 Å². The van der Waals surface area contributed by atoms with E-state index in [1.165, 1.54) is 19.5 Å². The molecule has 0 radical (unpaired) electrons. The summed E-state index contributed by atoms with van der Waals surface area (Å²) < 4.78 is 11.2. The molecule has 2 N–H and O–H groups in total. The van der Waals surface area contributed by atoms with Crippen LogP contribution in [0, 0.1) is 0 Å². The minimum Gasteiger partial charge on any atom is -0.507 e. The SMILES string of the molecule is COc1ccc(Br)c(Nc2ncnc3cc(OC)cc(O)c23)c1. The lowest BCUT2D eigenvalue weighted by atomic mass is 10.2. The van der Waals surface area contributed by atoms with Gasteiger partial charge in [0.25, 0.3) is 0 Å². The number of aromatic hydroxyl groups is 1. The van der Waals surface area contributed by atoms with E-state index in [9.17, 15) is 5.11 Å². The number of phenolic OH excluding ortho intramolecular Hbond substituents is 1. The number of methoxy groups -OCH3 is 2. The van der Waals surface area contributed by atoms with Gasteiger partial charge in [-0.05, 0) is 28.1 Å². The van der Waals surface area contributed by atoms with Crippen LogP contribution >= 0.6 is 15.9 Å². The van der Waals surface area contributed by atoms with Crippen LogP contribution in [0.3, 0.4) is 0 Å². The second-order valence-corrected chi connectivity index (χ2v) is 5.59. The molecular weight excluding hydrogens is 362 g/mol. The van der Waals surface area contributed by atoms with Crippen molar-refractivity contribution in [2.75, 3.05) is 19.5 Å². The van der Waals surface area contributed by atoms with Gasteiger partial charge in [-0.1, -0.05) is 0 Å². The van der Waals surface area contributed by atoms with E-state index in [1.54, 1.807) is 13.2 Å². The summed E-state index contributed by atoms with van der Waals surface area (Å²) in [6.07, 6.45) is 1.43. The van der Waals surface area contributed by atoms with Gasteiger partial charge in [-0.2, -0.15) is 0 Å². The van der Waals surface area contributed by atoms with Gasteiger partial charge in [0.2, 0.25) is 0 Å². The first-order chi connectivity index (χ1) is 11.1. The maximum absolute atomic E-state index is 10.3. The van der Waals surface area contributed by atoms with Crippen molar-refractivity contribution in [2.45, 2.75) is 0 Å². The monoisotopic (exact) mass is 375 g/mol. The topological polar surface area (TPSA) is 76.5 Å². The number of anilines is 2. The molecule has 0 amide bonds. The number of nitrogens with zero attached hydrogens (tertiary/aromatic N) is 2.